The van der Waals surface area contributed by atoms with Crippen LogP contribution in [0, 0.1) is 0 Å². The molecule has 0 aliphatic carbocycles. The highest BCUT2D eigenvalue weighted by Gasteiger charge is 2.09. The molecule has 1 aromatic heterocycles. The topological polar surface area (TPSA) is 17.8 Å². The number of aromatic nitrogens is 2. The molecule has 2 rings (SSSR count). The lowest BCUT2D eigenvalue weighted by molar-refractivity contribution is 0.636. The molecule has 0 atom stereocenters. The molecule has 0 N–H and O–H groups in total. The van der Waals surface area contributed by atoms with E-state index in [-0.39, 0.29) is 0 Å². The first-order chi connectivity index (χ1) is 8.74. The minimum Gasteiger partial charge on any atom is -0.265 e. The van der Waals surface area contributed by atoms with Crippen molar-refractivity contribution in [1.82, 2.24) is 9.78 Å². The lowest BCUT2D eigenvalue weighted by Gasteiger charge is -2.08. The molecule has 0 amide bonds. The van der Waals surface area contributed by atoms with E-state index in [9.17, 15) is 0 Å². The van der Waals surface area contributed by atoms with Crippen LogP contribution in [0.4, 0.5) is 0 Å². The van der Waals surface area contributed by atoms with Gasteiger partial charge in [0.05, 0.1) is 12.7 Å². The monoisotopic (exact) mass is 370 g/mol. The Morgan fingerprint density at radius 2 is 1.94 bits per heavy atom. The van der Waals surface area contributed by atoms with Crippen LogP contribution >= 0.6 is 31.9 Å². The van der Waals surface area contributed by atoms with Crippen molar-refractivity contribution in [2.45, 2.75) is 31.6 Å². The molecule has 0 spiro atoms. The van der Waals surface area contributed by atoms with Gasteiger partial charge in [-0.1, -0.05) is 57.3 Å². The van der Waals surface area contributed by atoms with Crippen LogP contribution in [0.25, 0.3) is 0 Å². The van der Waals surface area contributed by atoms with Crippen molar-refractivity contribution in [2.24, 2.45) is 0 Å². The fourth-order valence-electron chi connectivity index (χ4n) is 1.99. The highest BCUT2D eigenvalue weighted by atomic mass is 79.9. The van der Waals surface area contributed by atoms with Gasteiger partial charge in [-0.15, -0.1) is 0 Å². The Kier molecular flexibility index (Phi) is 5.01. The van der Waals surface area contributed by atoms with Crippen molar-refractivity contribution in [3.8, 4) is 0 Å². The summed E-state index contributed by atoms with van der Waals surface area (Å²) in [6.45, 7) is 3.05. The summed E-state index contributed by atoms with van der Waals surface area (Å²) in [7, 11) is 0. The van der Waals surface area contributed by atoms with Crippen molar-refractivity contribution < 1.29 is 0 Å². The largest absolute Gasteiger partial charge is 0.265 e. The van der Waals surface area contributed by atoms with Gasteiger partial charge in [0, 0.05) is 21.1 Å². The Morgan fingerprint density at radius 1 is 1.22 bits per heavy atom. The third-order valence-corrected chi connectivity index (χ3v) is 4.04. The molecule has 4 heteroatoms. The zero-order chi connectivity index (χ0) is 13.0. The molecule has 0 aliphatic heterocycles. The molecule has 0 unspecified atom stereocenters. The van der Waals surface area contributed by atoms with Crippen LogP contribution in [0.15, 0.2) is 34.9 Å². The SMILES string of the molecule is CCCc1c(CBr)cnn1Cc1ccc(Br)cc1. The molecule has 0 bridgehead atoms. The first kappa shape index (κ1) is 13.8. The Hall–Kier alpha value is -0.610. The van der Waals surface area contributed by atoms with E-state index in [1.807, 2.05) is 6.20 Å². The smallest absolute Gasteiger partial charge is 0.0662 e. The standard InChI is InChI=1S/C14H16Br2N2/c1-2-3-14-12(8-15)9-17-18(14)10-11-4-6-13(16)7-5-11/h4-7,9H,2-3,8,10H2,1H3. The number of halogens is 2. The average Bonchev–Trinajstić information content (AvgIpc) is 2.75. The van der Waals surface area contributed by atoms with E-state index < -0.39 is 0 Å². The highest BCUT2D eigenvalue weighted by Crippen LogP contribution is 2.17. The van der Waals surface area contributed by atoms with Gasteiger partial charge in [0.2, 0.25) is 0 Å². The maximum absolute atomic E-state index is 4.50. The normalized spacial score (nSPS) is 10.8. The first-order valence-electron chi connectivity index (χ1n) is 6.08. The van der Waals surface area contributed by atoms with Gasteiger partial charge < -0.3 is 0 Å². The highest BCUT2D eigenvalue weighted by molar-refractivity contribution is 9.10. The second-order valence-electron chi connectivity index (χ2n) is 4.28. The summed E-state index contributed by atoms with van der Waals surface area (Å²) in [4.78, 5) is 0. The minimum atomic E-state index is 0.843. The molecule has 18 heavy (non-hydrogen) atoms. The Morgan fingerprint density at radius 3 is 2.56 bits per heavy atom. The summed E-state index contributed by atoms with van der Waals surface area (Å²) < 4.78 is 3.23. The van der Waals surface area contributed by atoms with E-state index in [1.165, 1.54) is 16.8 Å². The van der Waals surface area contributed by atoms with Gasteiger partial charge in [-0.2, -0.15) is 5.10 Å². The van der Waals surface area contributed by atoms with E-state index >= 15 is 0 Å². The summed E-state index contributed by atoms with van der Waals surface area (Å²) in [5.74, 6) is 0. The molecule has 1 aromatic carbocycles. The van der Waals surface area contributed by atoms with Crippen LogP contribution in [0.2, 0.25) is 0 Å². The van der Waals surface area contributed by atoms with Crippen LogP contribution in [0.3, 0.4) is 0 Å². The quantitative estimate of drug-likeness (QED) is 0.705. The van der Waals surface area contributed by atoms with Crippen LogP contribution in [-0.2, 0) is 18.3 Å². The zero-order valence-corrected chi connectivity index (χ0v) is 13.5. The average molecular weight is 372 g/mol. The minimum absolute atomic E-state index is 0.843. The maximum atomic E-state index is 4.50. The summed E-state index contributed by atoms with van der Waals surface area (Å²) in [6, 6.07) is 8.41. The lowest BCUT2D eigenvalue weighted by atomic mass is 10.1. The third-order valence-electron chi connectivity index (χ3n) is 2.91. The molecule has 0 radical (unpaired) electrons. The summed E-state index contributed by atoms with van der Waals surface area (Å²) in [5, 5.41) is 5.38. The van der Waals surface area contributed by atoms with Gasteiger partial charge in [-0.3, -0.25) is 4.68 Å². The molecule has 0 saturated carbocycles. The first-order valence-corrected chi connectivity index (χ1v) is 8.00. The maximum Gasteiger partial charge on any atom is 0.0662 e. The number of hydrogen-bond acceptors (Lipinski definition) is 1. The number of alkyl halides is 1. The van der Waals surface area contributed by atoms with Crippen molar-refractivity contribution in [3.05, 3.63) is 51.8 Å². The Bertz CT molecular complexity index is 503. The van der Waals surface area contributed by atoms with Gasteiger partial charge in [0.25, 0.3) is 0 Å². The molecule has 2 nitrogen and oxygen atoms in total. The summed E-state index contributed by atoms with van der Waals surface area (Å²) >= 11 is 6.98. The van der Waals surface area contributed by atoms with Crippen molar-refractivity contribution in [1.29, 1.82) is 0 Å². The summed E-state index contributed by atoms with van der Waals surface area (Å²) in [5.41, 5.74) is 3.92. The lowest BCUT2D eigenvalue weighted by Crippen LogP contribution is -2.07. The van der Waals surface area contributed by atoms with Crippen molar-refractivity contribution in [3.63, 3.8) is 0 Å². The molecule has 1 heterocycles. The second kappa shape index (κ2) is 6.53. The van der Waals surface area contributed by atoms with Crippen LogP contribution < -0.4 is 0 Å². The van der Waals surface area contributed by atoms with Crippen molar-refractivity contribution in [2.75, 3.05) is 0 Å². The number of nitrogens with zero attached hydrogens (tertiary/aromatic N) is 2. The molecule has 0 fully saturated rings. The van der Waals surface area contributed by atoms with E-state index in [0.29, 0.717) is 0 Å². The van der Waals surface area contributed by atoms with Gasteiger partial charge in [-0.25, -0.2) is 0 Å². The number of rotatable bonds is 5. The predicted molar refractivity (Wildman–Crippen MR) is 82.1 cm³/mol. The number of hydrogen-bond donors (Lipinski definition) is 0. The van der Waals surface area contributed by atoms with Crippen LogP contribution in [0.1, 0.15) is 30.2 Å². The van der Waals surface area contributed by atoms with E-state index in [1.54, 1.807) is 0 Å². The van der Waals surface area contributed by atoms with Crippen LogP contribution in [0.5, 0.6) is 0 Å². The molecule has 2 aromatic rings. The Balaban J connectivity index is 2.22. The van der Waals surface area contributed by atoms with Crippen LogP contribution in [-0.4, -0.2) is 9.78 Å². The molecular formula is C14H16Br2N2. The molecular weight excluding hydrogens is 356 g/mol. The molecule has 0 saturated heterocycles. The van der Waals surface area contributed by atoms with Gasteiger partial charge in [0.1, 0.15) is 0 Å². The molecule has 0 aliphatic rings. The van der Waals surface area contributed by atoms with Gasteiger partial charge >= 0.3 is 0 Å². The van der Waals surface area contributed by atoms with Gasteiger partial charge in [0.15, 0.2) is 0 Å². The Labute approximate surface area is 125 Å². The number of benzene rings is 1. The summed E-state index contributed by atoms with van der Waals surface area (Å²) in [6.07, 6.45) is 4.20. The molecule has 96 valence electrons. The zero-order valence-electron chi connectivity index (χ0n) is 10.4. The second-order valence-corrected chi connectivity index (χ2v) is 5.76. The fraction of sp³-hybridized carbons (Fsp3) is 0.357. The van der Waals surface area contributed by atoms with E-state index in [2.05, 4.69) is 72.8 Å². The van der Waals surface area contributed by atoms with Gasteiger partial charge in [-0.05, 0) is 24.1 Å². The fourth-order valence-corrected chi connectivity index (χ4v) is 2.72. The van der Waals surface area contributed by atoms with E-state index in [4.69, 9.17) is 0 Å². The predicted octanol–water partition coefficient (Wildman–Crippen LogP) is 4.54. The third kappa shape index (κ3) is 3.23. The van der Waals surface area contributed by atoms with E-state index in [0.717, 1.165) is 29.2 Å². The van der Waals surface area contributed by atoms with Crippen molar-refractivity contribution >= 4 is 31.9 Å².